The number of anilines is 1. The van der Waals surface area contributed by atoms with Gasteiger partial charge in [0, 0.05) is 31.9 Å². The molecule has 0 bridgehead atoms. The van der Waals surface area contributed by atoms with Crippen LogP contribution in [0.4, 0.5) is 10.5 Å². The standard InChI is InChI=1S/C17H24N2O4/c1-17(2,3)23-16(22)19-10-4-9-18(11-12-19)14-7-5-13(6-8-14)15(20)21/h5-8H,4,9-12H2,1-3H3,(H,20,21). The second-order valence-electron chi connectivity index (χ2n) is 6.66. The number of rotatable bonds is 2. The molecule has 0 aromatic heterocycles. The van der Waals surface area contributed by atoms with Gasteiger partial charge >= 0.3 is 12.1 Å². The van der Waals surface area contributed by atoms with E-state index >= 15 is 0 Å². The van der Waals surface area contributed by atoms with Crippen molar-refractivity contribution in [1.29, 1.82) is 0 Å². The Hall–Kier alpha value is -2.24. The lowest BCUT2D eigenvalue weighted by Gasteiger charge is -2.27. The molecule has 0 atom stereocenters. The van der Waals surface area contributed by atoms with Crippen LogP contribution in [0.1, 0.15) is 37.6 Å². The van der Waals surface area contributed by atoms with Crippen LogP contribution in [-0.4, -0.2) is 53.8 Å². The van der Waals surface area contributed by atoms with Crippen molar-refractivity contribution in [2.24, 2.45) is 0 Å². The van der Waals surface area contributed by atoms with Crippen molar-refractivity contribution in [3.8, 4) is 0 Å². The zero-order chi connectivity index (χ0) is 17.0. The van der Waals surface area contributed by atoms with E-state index < -0.39 is 11.6 Å². The molecule has 0 radical (unpaired) electrons. The van der Waals surface area contributed by atoms with Crippen LogP contribution in [-0.2, 0) is 4.74 Å². The van der Waals surface area contributed by atoms with Crippen molar-refractivity contribution >= 4 is 17.7 Å². The van der Waals surface area contributed by atoms with Crippen molar-refractivity contribution < 1.29 is 19.4 Å². The third-order valence-corrected chi connectivity index (χ3v) is 3.63. The molecule has 0 spiro atoms. The highest BCUT2D eigenvalue weighted by molar-refractivity contribution is 5.88. The number of carboxylic acid groups (broad SMARTS) is 1. The predicted octanol–water partition coefficient (Wildman–Crippen LogP) is 2.83. The highest BCUT2D eigenvalue weighted by Gasteiger charge is 2.24. The number of aromatic carboxylic acids is 1. The van der Waals surface area contributed by atoms with Gasteiger partial charge in [-0.15, -0.1) is 0 Å². The van der Waals surface area contributed by atoms with Gasteiger partial charge in [-0.05, 0) is 51.5 Å². The summed E-state index contributed by atoms with van der Waals surface area (Å²) in [6, 6.07) is 6.83. The van der Waals surface area contributed by atoms with Gasteiger partial charge in [0.15, 0.2) is 0 Å². The van der Waals surface area contributed by atoms with E-state index in [0.29, 0.717) is 19.6 Å². The van der Waals surface area contributed by atoms with Crippen LogP contribution < -0.4 is 4.90 Å². The molecule has 1 aromatic rings. The molecule has 1 aromatic carbocycles. The molecule has 0 saturated carbocycles. The molecular formula is C17H24N2O4. The second kappa shape index (κ2) is 6.89. The summed E-state index contributed by atoms with van der Waals surface area (Å²) in [4.78, 5) is 26.9. The van der Waals surface area contributed by atoms with Gasteiger partial charge in [-0.25, -0.2) is 9.59 Å². The molecule has 0 unspecified atom stereocenters. The Balaban J connectivity index is 1.98. The van der Waals surface area contributed by atoms with Gasteiger partial charge in [0.05, 0.1) is 5.56 Å². The van der Waals surface area contributed by atoms with Crippen LogP contribution in [0.3, 0.4) is 0 Å². The summed E-state index contributed by atoms with van der Waals surface area (Å²) in [6.45, 7) is 8.36. The lowest BCUT2D eigenvalue weighted by Crippen LogP contribution is -2.39. The van der Waals surface area contributed by atoms with Gasteiger partial charge in [0.1, 0.15) is 5.60 Å². The first-order chi connectivity index (χ1) is 10.8. The molecule has 2 rings (SSSR count). The Morgan fingerprint density at radius 2 is 1.70 bits per heavy atom. The van der Waals surface area contributed by atoms with E-state index in [2.05, 4.69) is 4.90 Å². The van der Waals surface area contributed by atoms with E-state index in [4.69, 9.17) is 9.84 Å². The van der Waals surface area contributed by atoms with Crippen LogP contribution in [0.2, 0.25) is 0 Å². The van der Waals surface area contributed by atoms with Gasteiger partial charge < -0.3 is 19.6 Å². The monoisotopic (exact) mass is 320 g/mol. The average Bonchev–Trinajstić information content (AvgIpc) is 2.71. The predicted molar refractivity (Wildman–Crippen MR) is 88.0 cm³/mol. The van der Waals surface area contributed by atoms with E-state index in [1.165, 1.54) is 0 Å². The molecule has 6 nitrogen and oxygen atoms in total. The summed E-state index contributed by atoms with van der Waals surface area (Å²) in [5, 5.41) is 8.95. The summed E-state index contributed by atoms with van der Waals surface area (Å²) in [5.41, 5.74) is 0.760. The smallest absolute Gasteiger partial charge is 0.410 e. The second-order valence-corrected chi connectivity index (χ2v) is 6.66. The number of nitrogens with zero attached hydrogens (tertiary/aromatic N) is 2. The number of amides is 1. The van der Waals surface area contributed by atoms with Gasteiger partial charge in [-0.3, -0.25) is 0 Å². The summed E-state index contributed by atoms with van der Waals surface area (Å²) in [5.74, 6) is -0.927. The van der Waals surface area contributed by atoms with Crippen molar-refractivity contribution in [3.05, 3.63) is 29.8 Å². The third-order valence-electron chi connectivity index (χ3n) is 3.63. The van der Waals surface area contributed by atoms with Crippen molar-refractivity contribution in [3.63, 3.8) is 0 Å². The molecule has 1 aliphatic rings. The molecule has 23 heavy (non-hydrogen) atoms. The number of carbonyl (C=O) groups is 2. The Labute approximate surface area is 136 Å². The number of benzene rings is 1. The third kappa shape index (κ3) is 4.87. The Kier molecular flexibility index (Phi) is 5.13. The lowest BCUT2D eigenvalue weighted by atomic mass is 10.2. The molecule has 6 heteroatoms. The molecule has 1 N–H and O–H groups in total. The quantitative estimate of drug-likeness (QED) is 0.907. The molecule has 1 heterocycles. The van der Waals surface area contributed by atoms with Crippen LogP contribution in [0.15, 0.2) is 24.3 Å². The van der Waals surface area contributed by atoms with E-state index in [0.717, 1.165) is 18.7 Å². The zero-order valence-electron chi connectivity index (χ0n) is 13.9. The topological polar surface area (TPSA) is 70.1 Å². The van der Waals surface area contributed by atoms with Crippen LogP contribution >= 0.6 is 0 Å². The minimum atomic E-state index is -0.927. The number of ether oxygens (including phenoxy) is 1. The molecular weight excluding hydrogens is 296 g/mol. The van der Waals surface area contributed by atoms with E-state index in [1.807, 2.05) is 32.9 Å². The van der Waals surface area contributed by atoms with E-state index in [1.54, 1.807) is 17.0 Å². The summed E-state index contributed by atoms with van der Waals surface area (Å²) < 4.78 is 5.42. The molecule has 1 aliphatic heterocycles. The highest BCUT2D eigenvalue weighted by Crippen LogP contribution is 2.18. The van der Waals surface area contributed by atoms with Gasteiger partial charge in [0.25, 0.3) is 0 Å². The fourth-order valence-electron chi connectivity index (χ4n) is 2.50. The van der Waals surface area contributed by atoms with Crippen LogP contribution in [0.25, 0.3) is 0 Å². The zero-order valence-corrected chi connectivity index (χ0v) is 13.9. The normalized spacial score (nSPS) is 16.0. The maximum Gasteiger partial charge on any atom is 0.410 e. The SMILES string of the molecule is CC(C)(C)OC(=O)N1CCCN(c2ccc(C(=O)O)cc2)CC1. The van der Waals surface area contributed by atoms with Crippen molar-refractivity contribution in [2.45, 2.75) is 32.8 Å². The first kappa shape index (κ1) is 17.1. The first-order valence-corrected chi connectivity index (χ1v) is 7.82. The number of carboxylic acids is 1. The average molecular weight is 320 g/mol. The minimum absolute atomic E-state index is 0.277. The molecule has 0 aliphatic carbocycles. The lowest BCUT2D eigenvalue weighted by molar-refractivity contribution is 0.0263. The number of hydrogen-bond donors (Lipinski definition) is 1. The first-order valence-electron chi connectivity index (χ1n) is 7.82. The van der Waals surface area contributed by atoms with Gasteiger partial charge in [0.2, 0.25) is 0 Å². The van der Waals surface area contributed by atoms with Gasteiger partial charge in [-0.2, -0.15) is 0 Å². The Morgan fingerprint density at radius 3 is 2.26 bits per heavy atom. The van der Waals surface area contributed by atoms with Crippen LogP contribution in [0, 0.1) is 0 Å². The number of carbonyl (C=O) groups excluding carboxylic acids is 1. The van der Waals surface area contributed by atoms with Gasteiger partial charge in [-0.1, -0.05) is 0 Å². The highest BCUT2D eigenvalue weighted by atomic mass is 16.6. The summed E-state index contributed by atoms with van der Waals surface area (Å²) in [6.07, 6.45) is 0.570. The molecule has 126 valence electrons. The summed E-state index contributed by atoms with van der Waals surface area (Å²) >= 11 is 0. The minimum Gasteiger partial charge on any atom is -0.478 e. The maximum atomic E-state index is 12.1. The number of hydrogen-bond acceptors (Lipinski definition) is 4. The Morgan fingerprint density at radius 1 is 1.04 bits per heavy atom. The largest absolute Gasteiger partial charge is 0.478 e. The van der Waals surface area contributed by atoms with Crippen molar-refractivity contribution in [2.75, 3.05) is 31.1 Å². The van der Waals surface area contributed by atoms with Crippen molar-refractivity contribution in [1.82, 2.24) is 4.90 Å². The van der Waals surface area contributed by atoms with E-state index in [9.17, 15) is 9.59 Å². The Bertz CT molecular complexity index is 563. The summed E-state index contributed by atoms with van der Waals surface area (Å²) in [7, 11) is 0. The maximum absolute atomic E-state index is 12.1. The molecule has 1 saturated heterocycles. The van der Waals surface area contributed by atoms with Crippen LogP contribution in [0.5, 0.6) is 0 Å². The fourth-order valence-corrected chi connectivity index (χ4v) is 2.50. The molecule has 1 fully saturated rings. The van der Waals surface area contributed by atoms with E-state index in [-0.39, 0.29) is 11.7 Å². The fraction of sp³-hybridized carbons (Fsp3) is 0.529. The molecule has 1 amide bonds.